The number of alkyl carbamates (subject to hydrolysis) is 1. The van der Waals surface area contributed by atoms with Crippen LogP contribution in [-0.4, -0.2) is 63.1 Å². The average Bonchev–Trinajstić information content (AvgIpc) is 3.49. The maximum atomic E-state index is 14.1. The van der Waals surface area contributed by atoms with Gasteiger partial charge in [-0.1, -0.05) is 90.1 Å². The second-order valence-electron chi connectivity index (χ2n) is 18.0. The number of hydrogen-bond donors (Lipinski definition) is 4. The minimum Gasteiger partial charge on any atom is -0.487 e. The number of ether oxygens (including phenoxy) is 2. The second kappa shape index (κ2) is 17.8. The molecule has 0 fully saturated rings. The van der Waals surface area contributed by atoms with Gasteiger partial charge in [-0.25, -0.2) is 17.9 Å². The van der Waals surface area contributed by atoms with Gasteiger partial charge in [-0.15, -0.1) is 0 Å². The number of carbonyl (C=O) groups is 3. The zero-order valence-electron chi connectivity index (χ0n) is 37.1. The van der Waals surface area contributed by atoms with Crippen LogP contribution in [0.25, 0.3) is 21.6 Å². The third-order valence-corrected chi connectivity index (χ3v) is 14.7. The Bertz CT molecular complexity index is 2360. The molecule has 3 aromatic rings. The lowest BCUT2D eigenvalue weighted by Crippen LogP contribution is -2.58. The molecule has 3 aromatic carbocycles. The van der Waals surface area contributed by atoms with Crippen molar-refractivity contribution < 1.29 is 32.3 Å². The van der Waals surface area contributed by atoms with Gasteiger partial charge in [0.2, 0.25) is 17.8 Å². The molecule has 0 spiro atoms. The van der Waals surface area contributed by atoms with E-state index in [0.29, 0.717) is 16.9 Å². The highest BCUT2D eigenvalue weighted by Crippen LogP contribution is 2.59. The van der Waals surface area contributed by atoms with Crippen molar-refractivity contribution >= 4 is 33.9 Å². The first-order chi connectivity index (χ1) is 28.5. The van der Waals surface area contributed by atoms with Crippen molar-refractivity contribution in [1.82, 2.24) is 15.4 Å². The van der Waals surface area contributed by atoms with Gasteiger partial charge in [0, 0.05) is 33.8 Å². The van der Waals surface area contributed by atoms with E-state index in [0.717, 1.165) is 33.4 Å². The number of azide groups is 1. The molecule has 15 nitrogen and oxygen atoms in total. The van der Waals surface area contributed by atoms with Crippen LogP contribution in [0, 0.1) is 32.1 Å². The first-order valence-corrected chi connectivity index (χ1v) is 22.1. The van der Waals surface area contributed by atoms with Gasteiger partial charge in [0.1, 0.15) is 24.0 Å². The third-order valence-electron chi connectivity index (χ3n) is 13.1. The smallest absolute Gasteiger partial charge is 0.407 e. The average molecular weight is 857 g/mol. The van der Waals surface area contributed by atoms with Gasteiger partial charge < -0.3 is 25.8 Å². The number of amides is 3. The van der Waals surface area contributed by atoms with Crippen LogP contribution in [0.1, 0.15) is 114 Å². The van der Waals surface area contributed by atoms with Crippen molar-refractivity contribution in [2.45, 2.75) is 129 Å². The fraction of sp³-hybridized carbons (Fsp3) is 0.511. The standard InChI is InChI=1S/C45H60N8O7S/c1-25(2)23-35(40(55)51-53-47)49-39(54)34(50-42(56)59-24-33-31-19-14-12-17-29(31)30-18-13-15-20-32(30)33)21-16-22-48-41(46)52-61(57,58)38-27(4)26(3)37-36(28(38)5)43(6,7)44(8,9)45(10,11)60-37/h12-15,17-20,25,33-35H,16,21-24H2,1-11H3,(H,49,54)(H,50,56)(H3,46,48,52)/t34-,35-/m0/s1. The zero-order chi connectivity index (χ0) is 45.2. The SMILES string of the molecule is Cc1c(C)c(S(=O)(=O)NC(N)=NCCC[C@H](NC(=O)OCC2c3ccccc3-c3ccccc32)C(=O)N[C@@H](CC(C)C)C(=O)N=[N+]=[N-])c(C)c2c1OC(C)(C)C(C)(C)C2(C)C. The van der Waals surface area contributed by atoms with E-state index in [-0.39, 0.29) is 60.5 Å². The summed E-state index contributed by atoms with van der Waals surface area (Å²) in [5, 5.41) is 8.45. The van der Waals surface area contributed by atoms with E-state index in [1.165, 1.54) is 0 Å². The van der Waals surface area contributed by atoms with E-state index >= 15 is 0 Å². The Morgan fingerprint density at radius 2 is 1.49 bits per heavy atom. The van der Waals surface area contributed by atoms with Gasteiger partial charge in [0.05, 0.1) is 10.9 Å². The number of rotatable bonds is 14. The Labute approximate surface area is 359 Å². The Morgan fingerprint density at radius 3 is 2.07 bits per heavy atom. The van der Waals surface area contributed by atoms with E-state index in [1.807, 2.05) is 83.1 Å². The fourth-order valence-electron chi connectivity index (χ4n) is 8.67. The third kappa shape index (κ3) is 9.20. The molecule has 61 heavy (non-hydrogen) atoms. The van der Waals surface area contributed by atoms with Gasteiger partial charge in [0.15, 0.2) is 0 Å². The number of carbonyl (C=O) groups excluding carboxylic acids is 3. The number of aliphatic imine (C=N–C) groups is 1. The van der Waals surface area contributed by atoms with E-state index < -0.39 is 51.0 Å². The van der Waals surface area contributed by atoms with E-state index in [9.17, 15) is 22.8 Å². The lowest BCUT2D eigenvalue weighted by molar-refractivity contribution is -0.129. The summed E-state index contributed by atoms with van der Waals surface area (Å²) in [4.78, 5) is 46.7. The number of guanidine groups is 1. The highest BCUT2D eigenvalue weighted by atomic mass is 32.2. The number of sulfonamides is 1. The maximum Gasteiger partial charge on any atom is 0.407 e. The highest BCUT2D eigenvalue weighted by molar-refractivity contribution is 7.90. The van der Waals surface area contributed by atoms with Crippen LogP contribution in [0.3, 0.4) is 0 Å². The van der Waals surface area contributed by atoms with Gasteiger partial charge >= 0.3 is 6.09 Å². The number of nitrogens with two attached hydrogens (primary N) is 1. The molecule has 1 aliphatic heterocycles. The van der Waals surface area contributed by atoms with Crippen LogP contribution in [0.4, 0.5) is 4.79 Å². The Kier molecular flexibility index (Phi) is 13.5. The lowest BCUT2D eigenvalue weighted by atomic mass is 9.55. The summed E-state index contributed by atoms with van der Waals surface area (Å²) in [5.41, 5.74) is 20.5. The number of hydrogen-bond acceptors (Lipinski definition) is 8. The van der Waals surface area contributed by atoms with Crippen molar-refractivity contribution in [3.63, 3.8) is 0 Å². The molecule has 328 valence electrons. The molecule has 0 bridgehead atoms. The number of fused-ring (bicyclic) bond motifs is 4. The van der Waals surface area contributed by atoms with Crippen LogP contribution in [0.15, 0.2) is 63.5 Å². The molecule has 1 heterocycles. The fourth-order valence-corrected chi connectivity index (χ4v) is 10.2. The van der Waals surface area contributed by atoms with E-state index in [4.69, 9.17) is 20.7 Å². The van der Waals surface area contributed by atoms with E-state index in [2.05, 4.69) is 58.1 Å². The quantitative estimate of drug-likeness (QED) is 0.0312. The molecule has 2 atom stereocenters. The molecule has 0 saturated heterocycles. The summed E-state index contributed by atoms with van der Waals surface area (Å²) < 4.78 is 42.9. The second-order valence-corrected chi connectivity index (χ2v) is 19.6. The summed E-state index contributed by atoms with van der Waals surface area (Å²) >= 11 is 0. The molecule has 0 unspecified atom stereocenters. The van der Waals surface area contributed by atoms with Crippen molar-refractivity contribution in [2.75, 3.05) is 13.2 Å². The minimum absolute atomic E-state index is 0.00345. The zero-order valence-corrected chi connectivity index (χ0v) is 37.9. The van der Waals surface area contributed by atoms with E-state index in [1.54, 1.807) is 13.8 Å². The summed E-state index contributed by atoms with van der Waals surface area (Å²) in [6, 6.07) is 13.5. The van der Waals surface area contributed by atoms with Crippen molar-refractivity contribution in [2.24, 2.45) is 27.2 Å². The molecular weight excluding hydrogens is 797 g/mol. The first-order valence-electron chi connectivity index (χ1n) is 20.6. The number of nitrogens with zero attached hydrogens (tertiary/aromatic N) is 4. The molecule has 16 heteroatoms. The minimum atomic E-state index is -4.23. The van der Waals surface area contributed by atoms with Crippen LogP contribution >= 0.6 is 0 Å². The Balaban J connectivity index is 1.32. The topological polar surface area (TPSA) is 227 Å². The van der Waals surface area contributed by atoms with Crippen molar-refractivity contribution in [1.29, 1.82) is 0 Å². The molecule has 0 radical (unpaired) electrons. The largest absolute Gasteiger partial charge is 0.487 e. The first kappa shape index (κ1) is 46.5. The molecule has 2 aliphatic rings. The predicted molar refractivity (Wildman–Crippen MR) is 236 cm³/mol. The van der Waals surface area contributed by atoms with Crippen LogP contribution in [-0.2, 0) is 29.8 Å². The molecule has 1 aliphatic carbocycles. The summed E-state index contributed by atoms with van der Waals surface area (Å²) in [5.74, 6) is -1.50. The molecule has 3 amide bonds. The van der Waals surface area contributed by atoms with Crippen LogP contribution < -0.4 is 25.8 Å². The normalized spacial score (nSPS) is 17.1. The number of nitrogens with one attached hydrogen (secondary N) is 3. The molecular formula is C45H60N8O7S. The van der Waals surface area contributed by atoms with Crippen LogP contribution in [0.5, 0.6) is 5.75 Å². The van der Waals surface area contributed by atoms with Gasteiger partial charge in [-0.3, -0.25) is 14.6 Å². The Hall–Kier alpha value is -5.60. The molecule has 5 rings (SSSR count). The maximum absolute atomic E-state index is 14.1. The molecule has 5 N–H and O–H groups in total. The van der Waals surface area contributed by atoms with Crippen molar-refractivity contribution in [3.05, 3.63) is 92.4 Å². The Morgan fingerprint density at radius 1 is 0.902 bits per heavy atom. The predicted octanol–water partition coefficient (Wildman–Crippen LogP) is 7.73. The highest BCUT2D eigenvalue weighted by Gasteiger charge is 2.56. The summed E-state index contributed by atoms with van der Waals surface area (Å²) in [7, 11) is -4.23. The molecule has 0 aromatic heterocycles. The van der Waals surface area contributed by atoms with Gasteiger partial charge in [-0.05, 0) is 109 Å². The molecule has 0 saturated carbocycles. The van der Waals surface area contributed by atoms with Gasteiger partial charge in [0.25, 0.3) is 10.0 Å². The van der Waals surface area contributed by atoms with Gasteiger partial charge in [-0.2, -0.15) is 0 Å². The lowest BCUT2D eigenvalue weighted by Gasteiger charge is -2.57. The monoisotopic (exact) mass is 856 g/mol. The van der Waals surface area contributed by atoms with Crippen molar-refractivity contribution in [3.8, 4) is 16.9 Å². The summed E-state index contributed by atoms with van der Waals surface area (Å²) in [6.07, 6.45) is -0.500. The van der Waals surface area contributed by atoms with Crippen LogP contribution in [0.2, 0.25) is 0 Å². The number of benzene rings is 3. The summed E-state index contributed by atoms with van der Waals surface area (Å²) in [6.45, 7) is 21.6.